The zero-order chi connectivity index (χ0) is 26.5. The summed E-state index contributed by atoms with van der Waals surface area (Å²) in [7, 11) is -2.34. The lowest BCUT2D eigenvalue weighted by Gasteiger charge is -2.23. The van der Waals surface area contributed by atoms with Gasteiger partial charge in [-0.1, -0.05) is 20.8 Å². The fraction of sp³-hybridized carbons (Fsp3) is 0.458. The van der Waals surface area contributed by atoms with Crippen LogP contribution in [0.25, 0.3) is 11.3 Å². The smallest absolute Gasteiger partial charge is 0.310 e. The molecule has 0 bridgehead atoms. The molecule has 1 aromatic carbocycles. The zero-order valence-electron chi connectivity index (χ0n) is 20.4. The Bertz CT molecular complexity index is 1210. The van der Waals surface area contributed by atoms with E-state index in [0.29, 0.717) is 28.9 Å². The van der Waals surface area contributed by atoms with Crippen LogP contribution in [-0.2, 0) is 30.8 Å². The van der Waals surface area contributed by atoms with Gasteiger partial charge in [0.1, 0.15) is 18.0 Å². The molecule has 0 aliphatic carbocycles. The molecule has 2 aromatic rings. The van der Waals surface area contributed by atoms with Crippen LogP contribution >= 0.6 is 0 Å². The van der Waals surface area contributed by atoms with Gasteiger partial charge in [-0.25, -0.2) is 27.1 Å². The van der Waals surface area contributed by atoms with E-state index in [1.165, 1.54) is 31.3 Å². The normalized spacial score (nSPS) is 12.4. The summed E-state index contributed by atoms with van der Waals surface area (Å²) < 4.78 is 38.9. The first-order valence-corrected chi connectivity index (χ1v) is 13.0. The maximum Gasteiger partial charge on any atom is 0.310 e. The van der Waals surface area contributed by atoms with Crippen LogP contribution in [0.4, 0.5) is 10.3 Å². The number of carbonyl (C=O) groups is 3. The summed E-state index contributed by atoms with van der Waals surface area (Å²) >= 11 is 0. The molecule has 0 aliphatic heterocycles. The predicted octanol–water partition coefficient (Wildman–Crippen LogP) is 3.37. The quantitative estimate of drug-likeness (QED) is 0.432. The number of carboxylic acids is 1. The van der Waals surface area contributed by atoms with Crippen molar-refractivity contribution in [1.82, 2.24) is 9.97 Å². The molecular weight excluding hydrogens is 477 g/mol. The third kappa shape index (κ3) is 7.38. The minimum absolute atomic E-state index is 0.0599. The maximum atomic E-state index is 13.6. The summed E-state index contributed by atoms with van der Waals surface area (Å²) in [5.41, 5.74) is 1.98. The SMILES string of the molecule is CCC(Cc1c(-c2ccc(F)cc2)nc(N(C)S(C)(=O)=O)nc1C(C)C)C(=O)CC(=O)CC(=O)O. The Balaban J connectivity index is 2.65. The average molecular weight is 508 g/mol. The number of hydrogen-bond donors (Lipinski definition) is 1. The van der Waals surface area contributed by atoms with Gasteiger partial charge in [0.2, 0.25) is 16.0 Å². The Morgan fingerprint density at radius 3 is 2.17 bits per heavy atom. The molecule has 35 heavy (non-hydrogen) atoms. The summed E-state index contributed by atoms with van der Waals surface area (Å²) in [6.45, 7) is 5.51. The van der Waals surface area contributed by atoms with Crippen molar-refractivity contribution in [2.75, 3.05) is 17.6 Å². The van der Waals surface area contributed by atoms with Gasteiger partial charge in [0.05, 0.1) is 24.1 Å². The van der Waals surface area contributed by atoms with Crippen molar-refractivity contribution in [1.29, 1.82) is 0 Å². The van der Waals surface area contributed by atoms with E-state index in [1.54, 1.807) is 6.92 Å². The van der Waals surface area contributed by atoms with Gasteiger partial charge < -0.3 is 5.11 Å². The number of sulfonamides is 1. The Morgan fingerprint density at radius 1 is 1.09 bits per heavy atom. The van der Waals surface area contributed by atoms with Crippen LogP contribution < -0.4 is 4.31 Å². The Kier molecular flexibility index (Phi) is 9.19. The van der Waals surface area contributed by atoms with Crippen molar-refractivity contribution in [2.24, 2.45) is 5.92 Å². The zero-order valence-corrected chi connectivity index (χ0v) is 21.2. The highest BCUT2D eigenvalue weighted by Gasteiger charge is 2.27. The monoisotopic (exact) mass is 507 g/mol. The minimum Gasteiger partial charge on any atom is -0.481 e. The molecule has 0 saturated heterocycles. The van der Waals surface area contributed by atoms with Crippen LogP contribution in [0.2, 0.25) is 0 Å². The van der Waals surface area contributed by atoms with Crippen LogP contribution in [0.15, 0.2) is 24.3 Å². The van der Waals surface area contributed by atoms with Crippen molar-refractivity contribution >= 4 is 33.5 Å². The standard InChI is InChI=1S/C24H30FN3O6S/c1-6-15(20(30)12-18(29)13-21(31)32)11-19-22(14(2)3)26-24(28(4)35(5,33)34)27-23(19)16-7-9-17(25)10-8-16/h7-10,14-15H,6,11-13H2,1-5H3,(H,31,32). The number of benzene rings is 1. The van der Waals surface area contributed by atoms with Crippen molar-refractivity contribution < 1.29 is 32.3 Å². The molecule has 1 aromatic heterocycles. The van der Waals surface area contributed by atoms with E-state index >= 15 is 0 Å². The third-order valence-electron chi connectivity index (χ3n) is 5.59. The van der Waals surface area contributed by atoms with Gasteiger partial charge in [-0.05, 0) is 43.0 Å². The van der Waals surface area contributed by atoms with E-state index in [4.69, 9.17) is 5.11 Å². The molecule has 2 rings (SSSR count). The average Bonchev–Trinajstić information content (AvgIpc) is 2.75. The first kappa shape index (κ1) is 28.0. The second kappa shape index (κ2) is 11.5. The van der Waals surface area contributed by atoms with E-state index in [2.05, 4.69) is 9.97 Å². The van der Waals surface area contributed by atoms with Gasteiger partial charge in [-0.3, -0.25) is 14.4 Å². The number of rotatable bonds is 12. The van der Waals surface area contributed by atoms with E-state index in [9.17, 15) is 27.2 Å². The molecule has 0 saturated carbocycles. The molecule has 0 aliphatic rings. The Labute approximate surface area is 204 Å². The highest BCUT2D eigenvalue weighted by atomic mass is 32.2. The summed E-state index contributed by atoms with van der Waals surface area (Å²) in [5.74, 6) is -3.68. The Morgan fingerprint density at radius 2 is 1.69 bits per heavy atom. The number of aliphatic carboxylic acids is 1. The van der Waals surface area contributed by atoms with Crippen LogP contribution in [0.3, 0.4) is 0 Å². The number of halogens is 1. The molecule has 190 valence electrons. The van der Waals surface area contributed by atoms with Gasteiger partial charge >= 0.3 is 5.97 Å². The molecule has 0 fully saturated rings. The summed E-state index contributed by atoms with van der Waals surface area (Å²) in [6.07, 6.45) is 0.333. The number of carbonyl (C=O) groups excluding carboxylic acids is 2. The third-order valence-corrected chi connectivity index (χ3v) is 6.75. The van der Waals surface area contributed by atoms with Gasteiger partial charge in [0.15, 0.2) is 5.78 Å². The lowest BCUT2D eigenvalue weighted by Crippen LogP contribution is -2.28. The lowest BCUT2D eigenvalue weighted by molar-refractivity contribution is -0.140. The predicted molar refractivity (Wildman–Crippen MR) is 129 cm³/mol. The van der Waals surface area contributed by atoms with Crippen LogP contribution in [0.5, 0.6) is 0 Å². The van der Waals surface area contributed by atoms with Crippen molar-refractivity contribution in [3.8, 4) is 11.3 Å². The molecule has 0 radical (unpaired) electrons. The molecule has 1 N–H and O–H groups in total. The molecule has 11 heteroatoms. The first-order valence-electron chi connectivity index (χ1n) is 11.1. The highest BCUT2D eigenvalue weighted by molar-refractivity contribution is 7.92. The number of Topliss-reactive ketones (excluding diaryl/α,β-unsaturated/α-hetero) is 2. The largest absolute Gasteiger partial charge is 0.481 e. The van der Waals surface area contributed by atoms with Crippen molar-refractivity contribution in [3.05, 3.63) is 41.3 Å². The molecule has 0 spiro atoms. The minimum atomic E-state index is -3.67. The topological polar surface area (TPSA) is 135 Å². The van der Waals surface area contributed by atoms with E-state index in [1.807, 2.05) is 13.8 Å². The molecule has 1 unspecified atom stereocenters. The molecule has 1 heterocycles. The van der Waals surface area contributed by atoms with Crippen LogP contribution in [0, 0.1) is 11.7 Å². The second-order valence-electron chi connectivity index (χ2n) is 8.69. The van der Waals surface area contributed by atoms with Gasteiger partial charge in [-0.2, -0.15) is 0 Å². The van der Waals surface area contributed by atoms with Crippen LogP contribution in [-0.4, -0.2) is 54.3 Å². The van der Waals surface area contributed by atoms with E-state index in [-0.39, 0.29) is 18.3 Å². The summed E-state index contributed by atoms with van der Waals surface area (Å²) in [4.78, 5) is 44.6. The highest BCUT2D eigenvalue weighted by Crippen LogP contribution is 2.33. The van der Waals surface area contributed by atoms with Gasteiger partial charge in [-0.15, -0.1) is 0 Å². The van der Waals surface area contributed by atoms with Gasteiger partial charge in [0.25, 0.3) is 0 Å². The summed E-state index contributed by atoms with van der Waals surface area (Å²) in [6, 6.07) is 5.52. The van der Waals surface area contributed by atoms with Crippen molar-refractivity contribution in [2.45, 2.75) is 52.4 Å². The molecule has 1 atom stereocenters. The lowest BCUT2D eigenvalue weighted by atomic mass is 9.86. The number of anilines is 1. The van der Waals surface area contributed by atoms with Crippen LogP contribution in [0.1, 0.15) is 57.2 Å². The second-order valence-corrected chi connectivity index (χ2v) is 10.7. The Hall–Kier alpha value is -3.21. The number of hydrogen-bond acceptors (Lipinski definition) is 7. The summed E-state index contributed by atoms with van der Waals surface area (Å²) in [5, 5.41) is 8.81. The first-order chi connectivity index (χ1) is 16.2. The fourth-order valence-corrected chi connectivity index (χ4v) is 3.98. The molecule has 9 nitrogen and oxygen atoms in total. The number of aromatic nitrogens is 2. The van der Waals surface area contributed by atoms with Gasteiger partial charge in [0, 0.05) is 24.1 Å². The maximum absolute atomic E-state index is 13.6. The fourth-order valence-electron chi connectivity index (χ4n) is 3.61. The number of nitrogens with zero attached hydrogens (tertiary/aromatic N) is 3. The molecular formula is C24H30FN3O6S. The molecule has 0 amide bonds. The number of carboxylic acid groups (broad SMARTS) is 1. The van der Waals surface area contributed by atoms with Crippen molar-refractivity contribution in [3.63, 3.8) is 0 Å². The number of ketones is 2. The van der Waals surface area contributed by atoms with E-state index < -0.39 is 52.1 Å². The van der Waals surface area contributed by atoms with E-state index in [0.717, 1.165) is 10.6 Å².